The first-order chi connectivity index (χ1) is 10.4. The van der Waals surface area contributed by atoms with Crippen molar-refractivity contribution in [3.05, 3.63) is 0 Å². The standard InChI is InChI=1S/C19H35NO2/c1-18(2)15-8-9-19(18,3)17(12-15)22-14-16(21)13-20-10-6-4-5-7-11-20/h15-17,21H,4-14H2,1-3H3/t15-,16-,17-,19-/m0/s1. The van der Waals surface area contributed by atoms with Gasteiger partial charge >= 0.3 is 0 Å². The Bertz CT molecular complexity index is 376. The van der Waals surface area contributed by atoms with Gasteiger partial charge in [0.2, 0.25) is 0 Å². The Balaban J connectivity index is 1.46. The number of aliphatic hydroxyl groups is 1. The van der Waals surface area contributed by atoms with E-state index in [1.54, 1.807) is 0 Å². The molecule has 1 N–H and O–H groups in total. The lowest BCUT2D eigenvalue weighted by atomic mass is 9.70. The van der Waals surface area contributed by atoms with E-state index >= 15 is 0 Å². The van der Waals surface area contributed by atoms with Gasteiger partial charge in [-0.3, -0.25) is 0 Å². The van der Waals surface area contributed by atoms with Crippen molar-refractivity contribution in [2.24, 2.45) is 16.7 Å². The smallest absolute Gasteiger partial charge is 0.0900 e. The number of nitrogens with zero attached hydrogens (tertiary/aromatic N) is 1. The van der Waals surface area contributed by atoms with E-state index < -0.39 is 0 Å². The van der Waals surface area contributed by atoms with E-state index in [4.69, 9.17) is 4.74 Å². The average Bonchev–Trinajstić information content (AvgIpc) is 2.74. The predicted molar refractivity (Wildman–Crippen MR) is 89.9 cm³/mol. The summed E-state index contributed by atoms with van der Waals surface area (Å²) in [6.07, 6.45) is 9.12. The first-order valence-corrected chi connectivity index (χ1v) is 9.45. The maximum atomic E-state index is 10.4. The summed E-state index contributed by atoms with van der Waals surface area (Å²) in [4.78, 5) is 2.42. The van der Waals surface area contributed by atoms with E-state index in [0.29, 0.717) is 23.5 Å². The third-order valence-electron chi connectivity index (χ3n) is 7.37. The van der Waals surface area contributed by atoms with Crippen molar-refractivity contribution >= 4 is 0 Å². The van der Waals surface area contributed by atoms with E-state index in [-0.39, 0.29) is 6.10 Å². The zero-order valence-electron chi connectivity index (χ0n) is 14.8. The summed E-state index contributed by atoms with van der Waals surface area (Å²) in [7, 11) is 0. The number of β-amino-alcohol motifs (C(OH)–C–C–N with tert-alkyl or cyclic N) is 1. The number of hydrogen-bond acceptors (Lipinski definition) is 3. The Morgan fingerprint density at radius 1 is 1.14 bits per heavy atom. The fraction of sp³-hybridized carbons (Fsp3) is 1.00. The molecule has 2 bridgehead atoms. The van der Waals surface area contributed by atoms with Crippen molar-refractivity contribution in [1.29, 1.82) is 0 Å². The first-order valence-electron chi connectivity index (χ1n) is 9.45. The lowest BCUT2D eigenvalue weighted by Crippen LogP contribution is -2.40. The van der Waals surface area contributed by atoms with Crippen molar-refractivity contribution in [3.8, 4) is 0 Å². The summed E-state index contributed by atoms with van der Waals surface area (Å²) in [5, 5.41) is 10.4. The molecule has 0 aromatic carbocycles. The molecule has 3 nitrogen and oxygen atoms in total. The molecule has 0 spiro atoms. The van der Waals surface area contributed by atoms with Gasteiger partial charge in [-0.1, -0.05) is 33.6 Å². The van der Waals surface area contributed by atoms with Gasteiger partial charge in [-0.05, 0) is 61.9 Å². The molecule has 3 heteroatoms. The summed E-state index contributed by atoms with van der Waals surface area (Å²) in [5.74, 6) is 0.810. The monoisotopic (exact) mass is 309 g/mol. The quantitative estimate of drug-likeness (QED) is 0.844. The summed E-state index contributed by atoms with van der Waals surface area (Å²) < 4.78 is 6.23. The van der Waals surface area contributed by atoms with E-state index in [1.807, 2.05) is 0 Å². The number of aliphatic hydroxyl groups excluding tert-OH is 1. The molecule has 2 saturated carbocycles. The fourth-order valence-electron chi connectivity index (χ4n) is 5.28. The molecule has 2 aliphatic carbocycles. The summed E-state index contributed by atoms with van der Waals surface area (Å²) in [5.41, 5.74) is 0.702. The lowest BCUT2D eigenvalue weighted by Gasteiger charge is -2.39. The number of ether oxygens (including phenoxy) is 1. The Morgan fingerprint density at radius 2 is 1.82 bits per heavy atom. The third kappa shape index (κ3) is 2.97. The molecule has 0 radical (unpaired) electrons. The summed E-state index contributed by atoms with van der Waals surface area (Å²) in [6, 6.07) is 0. The Kier molecular flexibility index (Phi) is 4.87. The molecule has 3 fully saturated rings. The van der Waals surface area contributed by atoms with Crippen LogP contribution in [0.5, 0.6) is 0 Å². The second-order valence-electron chi connectivity index (χ2n) is 8.80. The topological polar surface area (TPSA) is 32.7 Å². The SMILES string of the molecule is CC1(C)[C@H]2CC[C@@]1(C)[C@@H](OC[C@@H](O)CN1CCCCCC1)C2. The molecule has 0 unspecified atom stereocenters. The fourth-order valence-corrected chi connectivity index (χ4v) is 5.28. The molecule has 1 saturated heterocycles. The van der Waals surface area contributed by atoms with E-state index in [2.05, 4.69) is 25.7 Å². The van der Waals surface area contributed by atoms with Crippen LogP contribution in [0.15, 0.2) is 0 Å². The zero-order valence-corrected chi connectivity index (χ0v) is 14.8. The van der Waals surface area contributed by atoms with Gasteiger partial charge in [-0.25, -0.2) is 0 Å². The highest BCUT2D eigenvalue weighted by atomic mass is 16.5. The molecule has 0 amide bonds. The lowest BCUT2D eigenvalue weighted by molar-refractivity contribution is -0.0791. The maximum absolute atomic E-state index is 10.4. The van der Waals surface area contributed by atoms with Gasteiger partial charge in [-0.15, -0.1) is 0 Å². The van der Waals surface area contributed by atoms with Crippen LogP contribution < -0.4 is 0 Å². The molecule has 0 aromatic rings. The number of rotatable bonds is 5. The summed E-state index contributed by atoms with van der Waals surface area (Å²) in [6.45, 7) is 10.8. The second-order valence-corrected chi connectivity index (χ2v) is 8.80. The van der Waals surface area contributed by atoms with E-state index in [0.717, 1.165) is 25.6 Å². The minimum absolute atomic E-state index is 0.306. The number of likely N-dealkylation sites (tertiary alicyclic amines) is 1. The Hall–Kier alpha value is -0.120. The minimum atomic E-state index is -0.330. The molecule has 1 heterocycles. The van der Waals surface area contributed by atoms with E-state index in [9.17, 15) is 5.11 Å². The maximum Gasteiger partial charge on any atom is 0.0900 e. The van der Waals surface area contributed by atoms with Gasteiger partial charge in [0.05, 0.1) is 18.8 Å². The molecule has 22 heavy (non-hydrogen) atoms. The average molecular weight is 309 g/mol. The number of hydrogen-bond donors (Lipinski definition) is 1. The van der Waals surface area contributed by atoms with Crippen LogP contribution in [0.1, 0.15) is 65.7 Å². The molecule has 1 aliphatic heterocycles. The van der Waals surface area contributed by atoms with Gasteiger partial charge in [0.1, 0.15) is 0 Å². The third-order valence-corrected chi connectivity index (χ3v) is 7.37. The van der Waals surface area contributed by atoms with Gasteiger partial charge in [0.15, 0.2) is 0 Å². The van der Waals surface area contributed by atoms with Crippen molar-refractivity contribution in [2.75, 3.05) is 26.2 Å². The molecular weight excluding hydrogens is 274 g/mol. The van der Waals surface area contributed by atoms with Crippen molar-refractivity contribution in [3.63, 3.8) is 0 Å². The van der Waals surface area contributed by atoms with Crippen LogP contribution in [0.4, 0.5) is 0 Å². The Morgan fingerprint density at radius 3 is 2.36 bits per heavy atom. The van der Waals surface area contributed by atoms with Crippen molar-refractivity contribution < 1.29 is 9.84 Å². The highest BCUT2D eigenvalue weighted by molar-refractivity contribution is 5.11. The van der Waals surface area contributed by atoms with Crippen LogP contribution in [0.3, 0.4) is 0 Å². The number of fused-ring (bicyclic) bond motifs is 2. The molecule has 0 aromatic heterocycles. The largest absolute Gasteiger partial charge is 0.389 e. The molecule has 3 aliphatic rings. The van der Waals surface area contributed by atoms with Gasteiger partial charge in [0.25, 0.3) is 0 Å². The van der Waals surface area contributed by atoms with E-state index in [1.165, 1.54) is 44.9 Å². The normalized spacial score (nSPS) is 39.8. The van der Waals surface area contributed by atoms with Crippen LogP contribution in [0, 0.1) is 16.7 Å². The van der Waals surface area contributed by atoms with Gasteiger partial charge in [0, 0.05) is 6.54 Å². The second kappa shape index (κ2) is 6.41. The molecule has 128 valence electrons. The zero-order chi connectivity index (χ0) is 15.8. The summed E-state index contributed by atoms with van der Waals surface area (Å²) >= 11 is 0. The molecular formula is C19H35NO2. The molecule has 3 rings (SSSR count). The van der Waals surface area contributed by atoms with Gasteiger partial charge in [-0.2, -0.15) is 0 Å². The highest BCUT2D eigenvalue weighted by Gasteiger charge is 2.61. The highest BCUT2D eigenvalue weighted by Crippen LogP contribution is 2.66. The van der Waals surface area contributed by atoms with Crippen LogP contribution in [0.2, 0.25) is 0 Å². The van der Waals surface area contributed by atoms with Crippen LogP contribution in [-0.4, -0.2) is 48.5 Å². The first kappa shape index (κ1) is 16.7. The Labute approximate surface area is 136 Å². The minimum Gasteiger partial charge on any atom is -0.389 e. The van der Waals surface area contributed by atoms with Crippen LogP contribution >= 0.6 is 0 Å². The van der Waals surface area contributed by atoms with Gasteiger partial charge < -0.3 is 14.7 Å². The van der Waals surface area contributed by atoms with Crippen LogP contribution in [0.25, 0.3) is 0 Å². The van der Waals surface area contributed by atoms with Crippen molar-refractivity contribution in [2.45, 2.75) is 77.9 Å². The van der Waals surface area contributed by atoms with Crippen molar-refractivity contribution in [1.82, 2.24) is 4.90 Å². The predicted octanol–water partition coefficient (Wildman–Crippen LogP) is 3.45. The van der Waals surface area contributed by atoms with Crippen LogP contribution in [-0.2, 0) is 4.74 Å². The molecule has 4 atom stereocenters.